The molecule has 318 valence electrons. The summed E-state index contributed by atoms with van der Waals surface area (Å²) in [5.41, 5.74) is 18.4. The molecule has 3 aliphatic rings. The molecular formula is C46H69N7O5. The van der Waals surface area contributed by atoms with Crippen LogP contribution in [0, 0.1) is 11.8 Å². The van der Waals surface area contributed by atoms with Crippen molar-refractivity contribution >= 4 is 29.3 Å². The molecule has 2 saturated carbocycles. The molecule has 12 nitrogen and oxygen atoms in total. The zero-order valence-corrected chi connectivity index (χ0v) is 34.7. The van der Waals surface area contributed by atoms with Crippen LogP contribution in [0.25, 0.3) is 0 Å². The SMILES string of the molecule is CN[C@@H](Cc1ccccc1)C(=O)N[C@@H](CCCCN)C(=O)N1CCC[C@H]1C(=O)C(NC(=O)[C@H](N)CC1CCCCC1)(C(=O)[C@@H](N)CC1CCCCC1)c1ccccc1. The lowest BCUT2D eigenvalue weighted by atomic mass is 9.73. The zero-order valence-electron chi connectivity index (χ0n) is 34.7. The number of unbranched alkanes of at least 4 members (excludes halogenated alkanes) is 1. The Labute approximate surface area is 345 Å². The Bertz CT molecular complexity index is 1630. The van der Waals surface area contributed by atoms with Crippen LogP contribution in [0.4, 0.5) is 0 Å². The van der Waals surface area contributed by atoms with E-state index in [9.17, 15) is 14.4 Å². The van der Waals surface area contributed by atoms with Gasteiger partial charge in [-0.05, 0) is 87.9 Å². The summed E-state index contributed by atoms with van der Waals surface area (Å²) in [4.78, 5) is 75.2. The lowest BCUT2D eigenvalue weighted by molar-refractivity contribution is -0.149. The molecule has 58 heavy (non-hydrogen) atoms. The maximum Gasteiger partial charge on any atom is 0.245 e. The fourth-order valence-electron chi connectivity index (χ4n) is 9.57. The molecule has 1 saturated heterocycles. The van der Waals surface area contributed by atoms with Gasteiger partial charge in [0.25, 0.3) is 0 Å². The van der Waals surface area contributed by atoms with Gasteiger partial charge in [0.2, 0.25) is 17.7 Å². The fraction of sp³-hybridized carbons (Fsp3) is 0.630. The van der Waals surface area contributed by atoms with E-state index in [1.165, 1.54) is 4.90 Å². The average molecular weight is 800 g/mol. The van der Waals surface area contributed by atoms with Gasteiger partial charge in [0.15, 0.2) is 17.1 Å². The van der Waals surface area contributed by atoms with Crippen LogP contribution >= 0.6 is 0 Å². The summed E-state index contributed by atoms with van der Waals surface area (Å²) in [7, 11) is 1.71. The number of nitrogens with zero attached hydrogens (tertiary/aromatic N) is 1. The van der Waals surface area contributed by atoms with Crippen LogP contribution in [-0.4, -0.2) is 84.5 Å². The third kappa shape index (κ3) is 11.6. The highest BCUT2D eigenvalue weighted by Gasteiger charge is 2.55. The summed E-state index contributed by atoms with van der Waals surface area (Å²) >= 11 is 0. The number of rotatable bonds is 21. The second-order valence-corrected chi connectivity index (χ2v) is 17.1. The summed E-state index contributed by atoms with van der Waals surface area (Å²) in [6.45, 7) is 0.679. The fourth-order valence-corrected chi connectivity index (χ4v) is 9.57. The number of carbonyl (C=O) groups is 5. The van der Waals surface area contributed by atoms with Gasteiger partial charge in [-0.2, -0.15) is 0 Å². The first-order valence-electron chi connectivity index (χ1n) is 22.1. The normalized spacial score (nSPS) is 21.0. The van der Waals surface area contributed by atoms with Crippen LogP contribution in [0.3, 0.4) is 0 Å². The van der Waals surface area contributed by atoms with Gasteiger partial charge in [-0.15, -0.1) is 0 Å². The molecule has 0 spiro atoms. The van der Waals surface area contributed by atoms with Gasteiger partial charge in [-0.1, -0.05) is 125 Å². The maximum absolute atomic E-state index is 15.6. The average Bonchev–Trinajstić information content (AvgIpc) is 3.75. The number of Topliss-reactive ketones (excluding diaryl/α,β-unsaturated/α-hetero) is 2. The Morgan fingerprint density at radius 1 is 0.724 bits per heavy atom. The summed E-state index contributed by atoms with van der Waals surface area (Å²) in [5, 5.41) is 9.07. The Morgan fingerprint density at radius 2 is 1.31 bits per heavy atom. The Balaban J connectivity index is 1.48. The monoisotopic (exact) mass is 800 g/mol. The van der Waals surface area contributed by atoms with E-state index in [1.54, 1.807) is 37.4 Å². The van der Waals surface area contributed by atoms with Crippen molar-refractivity contribution in [3.63, 3.8) is 0 Å². The molecule has 0 aromatic heterocycles. The Kier molecular flexibility index (Phi) is 17.4. The summed E-state index contributed by atoms with van der Waals surface area (Å²) in [6.07, 6.45) is 14.1. The van der Waals surface area contributed by atoms with Crippen molar-refractivity contribution < 1.29 is 24.0 Å². The van der Waals surface area contributed by atoms with Crippen molar-refractivity contribution in [3.8, 4) is 0 Å². The number of ketones is 2. The molecular weight excluding hydrogens is 731 g/mol. The maximum atomic E-state index is 15.6. The minimum atomic E-state index is -2.19. The molecule has 2 aliphatic carbocycles. The molecule has 5 rings (SSSR count). The molecule has 6 atom stereocenters. The van der Waals surface area contributed by atoms with E-state index in [2.05, 4.69) is 16.0 Å². The van der Waals surface area contributed by atoms with Crippen molar-refractivity contribution in [2.75, 3.05) is 20.1 Å². The van der Waals surface area contributed by atoms with Gasteiger partial charge < -0.3 is 38.1 Å². The number of likely N-dealkylation sites (N-methyl/N-ethyl adjacent to an activating group) is 1. The van der Waals surface area contributed by atoms with E-state index in [0.29, 0.717) is 57.1 Å². The summed E-state index contributed by atoms with van der Waals surface area (Å²) < 4.78 is 0. The molecule has 2 aromatic rings. The van der Waals surface area contributed by atoms with Crippen molar-refractivity contribution in [2.24, 2.45) is 29.0 Å². The van der Waals surface area contributed by atoms with Gasteiger partial charge in [0.05, 0.1) is 24.2 Å². The van der Waals surface area contributed by atoms with Crippen LogP contribution in [0.5, 0.6) is 0 Å². The standard InChI is InChI=1S/C46H69N7O5/c1-50-39(31-34-21-10-4-11-22-34)44(57)51-38(25-14-15-27-47)45(58)53-28-16-26-40(53)42(55)46(35-23-12-5-13-24-35,41(54)36(48)29-32-17-6-2-7-18-32)52-43(56)37(49)30-33-19-8-3-9-20-33/h4-5,10-13,21-24,32-33,36-40,50H,2-3,6-9,14-20,25-31,47-49H2,1H3,(H,51,57)(H,52,56)/t36-,37+,38-,39-,40-,46?/m0/s1. The molecule has 2 aromatic carbocycles. The second-order valence-electron chi connectivity index (χ2n) is 17.1. The van der Waals surface area contributed by atoms with Crippen LogP contribution < -0.4 is 33.2 Å². The Morgan fingerprint density at radius 3 is 1.90 bits per heavy atom. The smallest absolute Gasteiger partial charge is 0.245 e. The largest absolute Gasteiger partial charge is 0.343 e. The van der Waals surface area contributed by atoms with Crippen LogP contribution in [0.1, 0.15) is 120 Å². The van der Waals surface area contributed by atoms with Gasteiger partial charge in [0.1, 0.15) is 6.04 Å². The van der Waals surface area contributed by atoms with E-state index in [0.717, 1.165) is 69.8 Å². The second kappa shape index (κ2) is 22.4. The van der Waals surface area contributed by atoms with Gasteiger partial charge in [-0.3, -0.25) is 24.0 Å². The quantitative estimate of drug-likeness (QED) is 0.0792. The number of amides is 3. The highest BCUT2D eigenvalue weighted by atomic mass is 16.2. The van der Waals surface area contributed by atoms with Crippen LogP contribution in [-0.2, 0) is 35.9 Å². The zero-order chi connectivity index (χ0) is 41.5. The number of hydrogen-bond donors (Lipinski definition) is 6. The minimum absolute atomic E-state index is 0.228. The van der Waals surface area contributed by atoms with E-state index >= 15 is 9.59 Å². The molecule has 1 heterocycles. The number of nitrogens with one attached hydrogen (secondary N) is 3. The van der Waals surface area contributed by atoms with E-state index in [4.69, 9.17) is 17.2 Å². The number of nitrogens with two attached hydrogens (primary N) is 3. The number of hydrogen-bond acceptors (Lipinski definition) is 9. The first-order valence-corrected chi connectivity index (χ1v) is 22.1. The van der Waals surface area contributed by atoms with Crippen molar-refractivity contribution in [3.05, 3.63) is 71.8 Å². The molecule has 3 amide bonds. The topological polar surface area (TPSA) is 203 Å². The lowest BCUT2D eigenvalue weighted by Crippen LogP contribution is -2.67. The van der Waals surface area contributed by atoms with Gasteiger partial charge >= 0.3 is 0 Å². The van der Waals surface area contributed by atoms with Crippen molar-refractivity contribution in [1.82, 2.24) is 20.9 Å². The molecule has 0 bridgehead atoms. The van der Waals surface area contributed by atoms with Crippen molar-refractivity contribution in [2.45, 2.75) is 151 Å². The lowest BCUT2D eigenvalue weighted by Gasteiger charge is -2.40. The van der Waals surface area contributed by atoms with Crippen LogP contribution in [0.15, 0.2) is 60.7 Å². The van der Waals surface area contributed by atoms with E-state index < -0.39 is 59.1 Å². The molecule has 9 N–H and O–H groups in total. The minimum Gasteiger partial charge on any atom is -0.343 e. The van der Waals surface area contributed by atoms with Crippen LogP contribution in [0.2, 0.25) is 0 Å². The number of likely N-dealkylation sites (tertiary alicyclic amines) is 1. The molecule has 0 radical (unpaired) electrons. The number of benzene rings is 2. The first kappa shape index (κ1) is 45.1. The Hall–Kier alpha value is -3.97. The first-order chi connectivity index (χ1) is 28.1. The van der Waals surface area contributed by atoms with E-state index in [-0.39, 0.29) is 30.7 Å². The third-order valence-corrected chi connectivity index (χ3v) is 12.9. The molecule has 12 heteroatoms. The predicted molar refractivity (Wildman–Crippen MR) is 227 cm³/mol. The van der Waals surface area contributed by atoms with Gasteiger partial charge in [-0.25, -0.2) is 0 Å². The van der Waals surface area contributed by atoms with Gasteiger partial charge in [0, 0.05) is 6.54 Å². The molecule has 1 unspecified atom stereocenters. The summed E-state index contributed by atoms with van der Waals surface area (Å²) in [5.74, 6) is -2.00. The molecule has 3 fully saturated rings. The summed E-state index contributed by atoms with van der Waals surface area (Å²) in [6, 6.07) is 13.7. The van der Waals surface area contributed by atoms with E-state index in [1.807, 2.05) is 30.3 Å². The third-order valence-electron chi connectivity index (χ3n) is 12.9. The molecule has 1 aliphatic heterocycles. The predicted octanol–water partition coefficient (Wildman–Crippen LogP) is 4.17. The van der Waals surface area contributed by atoms with Crippen molar-refractivity contribution in [1.29, 1.82) is 0 Å². The highest BCUT2D eigenvalue weighted by molar-refractivity contribution is 6.18. The number of carbonyl (C=O) groups excluding carboxylic acids is 5. The highest BCUT2D eigenvalue weighted by Crippen LogP contribution is 2.35.